The van der Waals surface area contributed by atoms with Crippen LogP contribution in [-0.2, 0) is 7.05 Å². The molecular formula is C9H9Br2N3O2. The molecule has 5 nitrogen and oxygen atoms in total. The number of fused-ring (bicyclic) bond motifs is 1. The Hall–Kier alpha value is -0.820. The lowest BCUT2D eigenvalue weighted by Gasteiger charge is -2.11. The Kier molecular flexibility index (Phi) is 3.07. The minimum atomic E-state index is 0.599. The molecule has 2 rings (SSSR count). The van der Waals surface area contributed by atoms with Gasteiger partial charge in [-0.1, -0.05) is 0 Å². The van der Waals surface area contributed by atoms with Crippen molar-refractivity contribution in [2.24, 2.45) is 7.05 Å². The highest BCUT2D eigenvalue weighted by molar-refractivity contribution is 9.11. The fraction of sp³-hybridized carbons (Fsp3) is 0.333. The SMILES string of the molecule is COc1c(OC)c(Br)c2nn(C)nc2c1Br. The van der Waals surface area contributed by atoms with Crippen LogP contribution in [0.15, 0.2) is 8.95 Å². The molecule has 86 valence electrons. The fourth-order valence-electron chi connectivity index (χ4n) is 1.48. The number of aromatic nitrogens is 3. The average molecular weight is 351 g/mol. The Morgan fingerprint density at radius 3 is 1.62 bits per heavy atom. The van der Waals surface area contributed by atoms with Gasteiger partial charge in [0.05, 0.1) is 23.2 Å². The second-order valence-electron chi connectivity index (χ2n) is 3.08. The second kappa shape index (κ2) is 4.21. The minimum Gasteiger partial charge on any atom is -0.492 e. The van der Waals surface area contributed by atoms with Gasteiger partial charge in [0.1, 0.15) is 11.0 Å². The molecule has 1 aromatic carbocycles. The van der Waals surface area contributed by atoms with Crippen molar-refractivity contribution in [2.75, 3.05) is 14.2 Å². The van der Waals surface area contributed by atoms with Crippen LogP contribution in [-0.4, -0.2) is 29.2 Å². The molecule has 0 amide bonds. The van der Waals surface area contributed by atoms with Gasteiger partial charge in [-0.25, -0.2) is 0 Å². The number of rotatable bonds is 2. The van der Waals surface area contributed by atoms with E-state index in [9.17, 15) is 0 Å². The van der Waals surface area contributed by atoms with Crippen LogP contribution in [0.4, 0.5) is 0 Å². The van der Waals surface area contributed by atoms with E-state index in [4.69, 9.17) is 9.47 Å². The number of aryl methyl sites for hydroxylation is 1. The first kappa shape index (κ1) is 11.7. The summed E-state index contributed by atoms with van der Waals surface area (Å²) in [5.41, 5.74) is 1.46. The molecule has 0 atom stereocenters. The van der Waals surface area contributed by atoms with Gasteiger partial charge >= 0.3 is 0 Å². The second-order valence-corrected chi connectivity index (χ2v) is 4.67. The highest BCUT2D eigenvalue weighted by atomic mass is 79.9. The van der Waals surface area contributed by atoms with E-state index in [1.807, 2.05) is 0 Å². The highest BCUT2D eigenvalue weighted by Crippen LogP contribution is 2.45. The summed E-state index contributed by atoms with van der Waals surface area (Å²) in [7, 11) is 4.92. The van der Waals surface area contributed by atoms with Gasteiger partial charge in [0.2, 0.25) is 0 Å². The summed E-state index contributed by atoms with van der Waals surface area (Å²) < 4.78 is 12.0. The van der Waals surface area contributed by atoms with Crippen LogP contribution in [0.5, 0.6) is 11.5 Å². The Bertz CT molecular complexity index is 506. The molecule has 0 radical (unpaired) electrons. The molecule has 0 N–H and O–H groups in total. The predicted octanol–water partition coefficient (Wildman–Crippen LogP) is 2.51. The van der Waals surface area contributed by atoms with Crippen LogP contribution >= 0.6 is 31.9 Å². The molecule has 2 aromatic rings. The number of hydrogen-bond donors (Lipinski definition) is 0. The van der Waals surface area contributed by atoms with Gasteiger partial charge in [-0.15, -0.1) is 0 Å². The van der Waals surface area contributed by atoms with E-state index >= 15 is 0 Å². The van der Waals surface area contributed by atoms with Gasteiger partial charge in [0.25, 0.3) is 0 Å². The van der Waals surface area contributed by atoms with Crippen molar-refractivity contribution in [2.45, 2.75) is 0 Å². The zero-order chi connectivity index (χ0) is 11.9. The third kappa shape index (κ3) is 1.58. The van der Waals surface area contributed by atoms with E-state index in [0.717, 1.165) is 20.0 Å². The lowest BCUT2D eigenvalue weighted by Crippen LogP contribution is -1.94. The van der Waals surface area contributed by atoms with Crippen molar-refractivity contribution in [3.63, 3.8) is 0 Å². The Morgan fingerprint density at radius 1 is 0.938 bits per heavy atom. The van der Waals surface area contributed by atoms with Crippen LogP contribution in [0.2, 0.25) is 0 Å². The lowest BCUT2D eigenvalue weighted by molar-refractivity contribution is 0.352. The number of benzene rings is 1. The van der Waals surface area contributed by atoms with Gasteiger partial charge in [-0.3, -0.25) is 0 Å². The summed E-state index contributed by atoms with van der Waals surface area (Å²) in [4.78, 5) is 1.50. The van der Waals surface area contributed by atoms with Crippen molar-refractivity contribution in [3.05, 3.63) is 8.95 Å². The summed E-state index contributed by atoms with van der Waals surface area (Å²) in [6.07, 6.45) is 0. The summed E-state index contributed by atoms with van der Waals surface area (Å²) in [5, 5.41) is 8.50. The van der Waals surface area contributed by atoms with Gasteiger partial charge in [-0.05, 0) is 31.9 Å². The maximum absolute atomic E-state index is 5.29. The number of halogens is 2. The van der Waals surface area contributed by atoms with E-state index in [2.05, 4.69) is 42.1 Å². The first-order valence-electron chi connectivity index (χ1n) is 4.40. The van der Waals surface area contributed by atoms with Crippen LogP contribution in [0.1, 0.15) is 0 Å². The average Bonchev–Trinajstić information content (AvgIpc) is 2.65. The molecule has 0 spiro atoms. The number of nitrogens with zero attached hydrogens (tertiary/aromatic N) is 3. The summed E-state index contributed by atoms with van der Waals surface area (Å²) in [6, 6.07) is 0. The van der Waals surface area contributed by atoms with E-state index in [-0.39, 0.29) is 0 Å². The van der Waals surface area contributed by atoms with E-state index in [1.165, 1.54) is 4.80 Å². The molecular weight excluding hydrogens is 342 g/mol. The number of methoxy groups -OCH3 is 2. The summed E-state index contributed by atoms with van der Waals surface area (Å²) in [5.74, 6) is 1.20. The summed E-state index contributed by atoms with van der Waals surface area (Å²) >= 11 is 6.88. The molecule has 0 saturated carbocycles. The number of ether oxygens (including phenoxy) is 2. The molecule has 0 aliphatic carbocycles. The molecule has 0 saturated heterocycles. The monoisotopic (exact) mass is 349 g/mol. The maximum Gasteiger partial charge on any atom is 0.178 e. The molecule has 0 unspecified atom stereocenters. The topological polar surface area (TPSA) is 49.2 Å². The Labute approximate surface area is 109 Å². The van der Waals surface area contributed by atoms with Crippen molar-refractivity contribution in [1.82, 2.24) is 15.0 Å². The summed E-state index contributed by atoms with van der Waals surface area (Å²) in [6.45, 7) is 0. The van der Waals surface area contributed by atoms with Crippen molar-refractivity contribution in [3.8, 4) is 11.5 Å². The van der Waals surface area contributed by atoms with E-state index in [0.29, 0.717) is 11.5 Å². The molecule has 1 heterocycles. The normalized spacial score (nSPS) is 10.8. The molecule has 0 fully saturated rings. The van der Waals surface area contributed by atoms with Crippen LogP contribution in [0.25, 0.3) is 11.0 Å². The quantitative estimate of drug-likeness (QED) is 0.835. The molecule has 16 heavy (non-hydrogen) atoms. The van der Waals surface area contributed by atoms with Crippen LogP contribution < -0.4 is 9.47 Å². The zero-order valence-electron chi connectivity index (χ0n) is 8.91. The van der Waals surface area contributed by atoms with Gasteiger partial charge in [-0.2, -0.15) is 15.0 Å². The number of hydrogen-bond acceptors (Lipinski definition) is 4. The standard InChI is InChI=1S/C9H9Br2N3O2/c1-14-12-6-4(10)8(15-2)9(16-3)5(11)7(6)13-14/h1-3H3. The van der Waals surface area contributed by atoms with E-state index in [1.54, 1.807) is 21.3 Å². The predicted molar refractivity (Wildman–Crippen MR) is 67.0 cm³/mol. The van der Waals surface area contributed by atoms with Crippen molar-refractivity contribution < 1.29 is 9.47 Å². The molecule has 0 aliphatic rings. The third-order valence-corrected chi connectivity index (χ3v) is 3.61. The first-order valence-corrected chi connectivity index (χ1v) is 5.98. The largest absolute Gasteiger partial charge is 0.492 e. The molecule has 1 aromatic heterocycles. The molecule has 7 heteroatoms. The van der Waals surface area contributed by atoms with Crippen molar-refractivity contribution >= 4 is 42.9 Å². The van der Waals surface area contributed by atoms with Gasteiger partial charge < -0.3 is 9.47 Å². The zero-order valence-corrected chi connectivity index (χ0v) is 12.1. The Morgan fingerprint density at radius 2 is 1.31 bits per heavy atom. The fourth-order valence-corrected chi connectivity index (χ4v) is 2.70. The van der Waals surface area contributed by atoms with E-state index < -0.39 is 0 Å². The van der Waals surface area contributed by atoms with Gasteiger partial charge in [0.15, 0.2) is 11.5 Å². The van der Waals surface area contributed by atoms with Gasteiger partial charge in [0, 0.05) is 7.05 Å². The smallest absolute Gasteiger partial charge is 0.178 e. The molecule has 0 aliphatic heterocycles. The third-order valence-electron chi connectivity index (χ3n) is 2.14. The molecule has 0 bridgehead atoms. The maximum atomic E-state index is 5.29. The van der Waals surface area contributed by atoms with Crippen LogP contribution in [0.3, 0.4) is 0 Å². The lowest BCUT2D eigenvalue weighted by atomic mass is 10.2. The Balaban J connectivity index is 2.92. The first-order chi connectivity index (χ1) is 7.60. The highest BCUT2D eigenvalue weighted by Gasteiger charge is 2.21. The minimum absolute atomic E-state index is 0.599. The van der Waals surface area contributed by atoms with Crippen molar-refractivity contribution in [1.29, 1.82) is 0 Å². The van der Waals surface area contributed by atoms with Crippen LogP contribution in [0, 0.1) is 0 Å².